The quantitative estimate of drug-likeness (QED) is 0.244. The highest BCUT2D eigenvalue weighted by molar-refractivity contribution is 5.85. The molecule has 0 fully saturated rings. The molecule has 0 unspecified atom stereocenters. The zero-order valence-corrected chi connectivity index (χ0v) is 17.6. The van der Waals surface area contributed by atoms with Gasteiger partial charge in [0.25, 0.3) is 0 Å². The van der Waals surface area contributed by atoms with E-state index in [9.17, 15) is 0 Å². The predicted molar refractivity (Wildman–Crippen MR) is 110 cm³/mol. The summed E-state index contributed by atoms with van der Waals surface area (Å²) in [5.74, 6) is 0. The number of rotatable bonds is 17. The van der Waals surface area contributed by atoms with Gasteiger partial charge in [0, 0.05) is 6.04 Å². The van der Waals surface area contributed by atoms with E-state index in [0.29, 0.717) is 6.04 Å². The van der Waals surface area contributed by atoms with E-state index < -0.39 is 0 Å². The number of unbranched alkanes of at least 4 members (excludes halogenated alkanes) is 13. The van der Waals surface area contributed by atoms with Gasteiger partial charge < -0.3 is 4.90 Å². The lowest BCUT2D eigenvalue weighted by Crippen LogP contribution is -2.31. The van der Waals surface area contributed by atoms with Crippen LogP contribution in [0.1, 0.15) is 118 Å². The third-order valence-electron chi connectivity index (χ3n) is 4.94. The molecule has 0 radical (unpaired) electrons. The Labute approximate surface area is 154 Å². The van der Waals surface area contributed by atoms with Gasteiger partial charge in [-0.1, -0.05) is 97.3 Å². The molecule has 0 rings (SSSR count). The fourth-order valence-corrected chi connectivity index (χ4v) is 3.29. The number of hydrogen-bond acceptors (Lipinski definition) is 1. The smallest absolute Gasteiger partial charge is 0.00384 e. The molecule has 0 aromatic rings. The Bertz CT molecular complexity index is 206. The summed E-state index contributed by atoms with van der Waals surface area (Å²) in [6.07, 6.45) is 20.3. The first-order chi connectivity index (χ1) is 10.7. The van der Waals surface area contributed by atoms with E-state index in [1.54, 1.807) is 0 Å². The van der Waals surface area contributed by atoms with Gasteiger partial charge in [-0.15, -0.1) is 12.4 Å². The topological polar surface area (TPSA) is 3.24 Å². The van der Waals surface area contributed by atoms with Crippen LogP contribution in [0.3, 0.4) is 0 Å². The van der Waals surface area contributed by atoms with Crippen LogP contribution in [0.15, 0.2) is 0 Å². The van der Waals surface area contributed by atoms with Gasteiger partial charge in [-0.05, 0) is 33.4 Å². The van der Waals surface area contributed by atoms with Crippen molar-refractivity contribution in [2.75, 3.05) is 13.1 Å². The molecule has 0 amide bonds. The lowest BCUT2D eigenvalue weighted by molar-refractivity contribution is 0.228. The number of halogens is 1. The molecule has 142 valence electrons. The lowest BCUT2D eigenvalue weighted by Gasteiger charge is -2.24. The highest BCUT2D eigenvalue weighted by Gasteiger charge is 2.05. The fourth-order valence-electron chi connectivity index (χ4n) is 3.29. The Morgan fingerprint density at radius 3 is 1.22 bits per heavy atom. The van der Waals surface area contributed by atoms with Gasteiger partial charge in [0.15, 0.2) is 0 Å². The van der Waals surface area contributed by atoms with Gasteiger partial charge in [-0.2, -0.15) is 0 Å². The van der Waals surface area contributed by atoms with Gasteiger partial charge in [0.05, 0.1) is 0 Å². The van der Waals surface area contributed by atoms with Crippen LogP contribution in [0.25, 0.3) is 0 Å². The molecule has 0 atom stereocenters. The molecule has 0 aliphatic carbocycles. The molecule has 0 aromatic carbocycles. The Morgan fingerprint density at radius 1 is 0.565 bits per heavy atom. The van der Waals surface area contributed by atoms with Crippen molar-refractivity contribution in [3.05, 3.63) is 0 Å². The summed E-state index contributed by atoms with van der Waals surface area (Å²) in [6.45, 7) is 11.7. The SMILES string of the molecule is CCCCCCCCCCCCCCCCN(CC)C(C)C.Cl. The molecule has 0 bridgehead atoms. The Balaban J connectivity index is 0. The lowest BCUT2D eigenvalue weighted by atomic mass is 10.0. The summed E-state index contributed by atoms with van der Waals surface area (Å²) >= 11 is 0. The summed E-state index contributed by atoms with van der Waals surface area (Å²) < 4.78 is 0. The van der Waals surface area contributed by atoms with Crippen molar-refractivity contribution in [3.63, 3.8) is 0 Å². The summed E-state index contributed by atoms with van der Waals surface area (Å²) in [5, 5.41) is 0. The molecule has 0 heterocycles. The highest BCUT2D eigenvalue weighted by Crippen LogP contribution is 2.13. The van der Waals surface area contributed by atoms with Crippen molar-refractivity contribution in [3.8, 4) is 0 Å². The minimum Gasteiger partial charge on any atom is -0.301 e. The third kappa shape index (κ3) is 18.4. The average Bonchev–Trinajstić information content (AvgIpc) is 2.51. The summed E-state index contributed by atoms with van der Waals surface area (Å²) in [7, 11) is 0. The van der Waals surface area contributed by atoms with E-state index in [4.69, 9.17) is 0 Å². The molecule has 0 aliphatic rings. The van der Waals surface area contributed by atoms with E-state index in [2.05, 4.69) is 32.6 Å². The normalized spacial score (nSPS) is 11.2. The Kier molecular flexibility index (Phi) is 22.5. The number of nitrogens with zero attached hydrogens (tertiary/aromatic N) is 1. The molecule has 0 saturated carbocycles. The Morgan fingerprint density at radius 2 is 0.913 bits per heavy atom. The minimum atomic E-state index is 0. The van der Waals surface area contributed by atoms with E-state index in [-0.39, 0.29) is 12.4 Å². The van der Waals surface area contributed by atoms with E-state index in [0.717, 1.165) is 0 Å². The zero-order chi connectivity index (χ0) is 16.5. The fraction of sp³-hybridized carbons (Fsp3) is 1.00. The van der Waals surface area contributed by atoms with Gasteiger partial charge >= 0.3 is 0 Å². The van der Waals surface area contributed by atoms with E-state index in [1.807, 2.05) is 0 Å². The molecule has 0 spiro atoms. The molecular weight excluding hydrogens is 302 g/mol. The molecule has 0 N–H and O–H groups in total. The van der Waals surface area contributed by atoms with Gasteiger partial charge in [-0.25, -0.2) is 0 Å². The molecule has 0 aromatic heterocycles. The van der Waals surface area contributed by atoms with Crippen molar-refractivity contribution < 1.29 is 0 Å². The van der Waals surface area contributed by atoms with Crippen molar-refractivity contribution in [1.82, 2.24) is 4.90 Å². The predicted octanol–water partition coefficient (Wildman–Crippen LogP) is 7.62. The summed E-state index contributed by atoms with van der Waals surface area (Å²) in [6, 6.07) is 0.715. The highest BCUT2D eigenvalue weighted by atomic mass is 35.5. The monoisotopic (exact) mass is 347 g/mol. The van der Waals surface area contributed by atoms with Crippen molar-refractivity contribution in [2.45, 2.75) is 124 Å². The molecule has 1 nitrogen and oxygen atoms in total. The largest absolute Gasteiger partial charge is 0.301 e. The van der Waals surface area contributed by atoms with Crippen LogP contribution in [-0.2, 0) is 0 Å². The van der Waals surface area contributed by atoms with Crippen LogP contribution in [0.2, 0.25) is 0 Å². The van der Waals surface area contributed by atoms with Crippen molar-refractivity contribution in [1.29, 1.82) is 0 Å². The van der Waals surface area contributed by atoms with Gasteiger partial charge in [-0.3, -0.25) is 0 Å². The average molecular weight is 348 g/mol. The minimum absolute atomic E-state index is 0. The summed E-state index contributed by atoms with van der Waals surface area (Å²) in [5.41, 5.74) is 0. The van der Waals surface area contributed by atoms with E-state index in [1.165, 1.54) is 103 Å². The maximum atomic E-state index is 2.58. The van der Waals surface area contributed by atoms with Crippen LogP contribution < -0.4 is 0 Å². The second-order valence-corrected chi connectivity index (χ2v) is 7.32. The molecule has 0 aliphatic heterocycles. The Hall–Kier alpha value is 0.250. The maximum absolute atomic E-state index is 2.58. The first-order valence-corrected chi connectivity index (χ1v) is 10.5. The molecule has 23 heavy (non-hydrogen) atoms. The van der Waals surface area contributed by atoms with Crippen LogP contribution in [0.4, 0.5) is 0 Å². The van der Waals surface area contributed by atoms with Gasteiger partial charge in [0.2, 0.25) is 0 Å². The van der Waals surface area contributed by atoms with Crippen LogP contribution in [-0.4, -0.2) is 24.0 Å². The molecule has 0 saturated heterocycles. The number of hydrogen-bond donors (Lipinski definition) is 0. The van der Waals surface area contributed by atoms with E-state index >= 15 is 0 Å². The van der Waals surface area contributed by atoms with Gasteiger partial charge in [0.1, 0.15) is 0 Å². The second kappa shape index (κ2) is 20.3. The second-order valence-electron chi connectivity index (χ2n) is 7.32. The standard InChI is InChI=1S/C21H45N.ClH/c1-5-7-8-9-10-11-12-13-14-15-16-17-18-19-20-22(6-2)21(3)4;/h21H,5-20H2,1-4H3;1H. The van der Waals surface area contributed by atoms with Crippen molar-refractivity contribution in [2.24, 2.45) is 0 Å². The van der Waals surface area contributed by atoms with Crippen LogP contribution in [0.5, 0.6) is 0 Å². The molecule has 2 heteroatoms. The third-order valence-corrected chi connectivity index (χ3v) is 4.94. The molecular formula is C21H46ClN. The first-order valence-electron chi connectivity index (χ1n) is 10.5. The first kappa shape index (κ1) is 25.5. The van der Waals surface area contributed by atoms with Crippen molar-refractivity contribution >= 4 is 12.4 Å². The summed E-state index contributed by atoms with van der Waals surface area (Å²) in [4.78, 5) is 2.58. The van der Waals surface area contributed by atoms with Crippen LogP contribution >= 0.6 is 12.4 Å². The maximum Gasteiger partial charge on any atom is 0.00384 e. The van der Waals surface area contributed by atoms with Crippen LogP contribution in [0, 0.1) is 0 Å². The zero-order valence-electron chi connectivity index (χ0n) is 16.7.